The summed E-state index contributed by atoms with van der Waals surface area (Å²) in [6.45, 7) is 0. The molecule has 3 aromatic rings. The molecule has 2 aromatic carbocycles. The lowest BCUT2D eigenvalue weighted by Crippen LogP contribution is -2.14. The zero-order chi connectivity index (χ0) is 15.7. The average Bonchev–Trinajstić information content (AvgIpc) is 2.50. The number of carbonyl (C=O) groups is 1. The Morgan fingerprint density at radius 3 is 2.59 bits per heavy atom. The van der Waals surface area contributed by atoms with Crippen molar-refractivity contribution >= 4 is 34.0 Å². The number of anilines is 1. The number of nitrogens with one attached hydrogen (secondary N) is 1. The standard InChI is InChI=1S/C16H9ClFNO3/c17-13-7-9(18)5-6-14(13)19-15(20)12-8-22-16(21)11-4-2-1-3-10(11)12/h1-8H,(H,19,20). The monoisotopic (exact) mass is 317 g/mol. The van der Waals surface area contributed by atoms with Crippen LogP contribution in [0.4, 0.5) is 10.1 Å². The van der Waals surface area contributed by atoms with Crippen LogP contribution in [0, 0.1) is 5.82 Å². The van der Waals surface area contributed by atoms with Crippen LogP contribution in [0.15, 0.2) is 57.9 Å². The quantitative estimate of drug-likeness (QED) is 0.781. The zero-order valence-corrected chi connectivity index (χ0v) is 11.9. The van der Waals surface area contributed by atoms with Crippen LogP contribution >= 0.6 is 11.6 Å². The second-order valence-corrected chi connectivity index (χ2v) is 4.97. The molecular formula is C16H9ClFNO3. The van der Waals surface area contributed by atoms with Crippen LogP contribution in [-0.2, 0) is 0 Å². The normalized spacial score (nSPS) is 10.6. The summed E-state index contributed by atoms with van der Waals surface area (Å²) >= 11 is 5.88. The highest BCUT2D eigenvalue weighted by atomic mass is 35.5. The van der Waals surface area contributed by atoms with E-state index in [1.54, 1.807) is 24.3 Å². The first kappa shape index (κ1) is 14.3. The van der Waals surface area contributed by atoms with Crippen LogP contribution in [0.2, 0.25) is 5.02 Å². The van der Waals surface area contributed by atoms with Crippen molar-refractivity contribution in [3.05, 3.63) is 75.6 Å². The zero-order valence-electron chi connectivity index (χ0n) is 11.1. The highest BCUT2D eigenvalue weighted by Gasteiger charge is 2.14. The molecule has 0 spiro atoms. The predicted octanol–water partition coefficient (Wildman–Crippen LogP) is 3.84. The van der Waals surface area contributed by atoms with Crippen molar-refractivity contribution in [1.82, 2.24) is 0 Å². The molecule has 0 saturated heterocycles. The van der Waals surface area contributed by atoms with Crippen molar-refractivity contribution in [3.8, 4) is 0 Å². The van der Waals surface area contributed by atoms with E-state index in [1.165, 1.54) is 12.1 Å². The van der Waals surface area contributed by atoms with E-state index in [2.05, 4.69) is 5.32 Å². The average molecular weight is 318 g/mol. The fourth-order valence-electron chi connectivity index (χ4n) is 2.09. The van der Waals surface area contributed by atoms with Crippen molar-refractivity contribution in [2.45, 2.75) is 0 Å². The van der Waals surface area contributed by atoms with E-state index in [0.29, 0.717) is 10.8 Å². The van der Waals surface area contributed by atoms with Gasteiger partial charge in [0.15, 0.2) is 0 Å². The van der Waals surface area contributed by atoms with Crippen LogP contribution in [0.1, 0.15) is 10.4 Å². The number of benzene rings is 2. The maximum Gasteiger partial charge on any atom is 0.343 e. The Hall–Kier alpha value is -2.66. The van der Waals surface area contributed by atoms with E-state index in [0.717, 1.165) is 12.3 Å². The Kier molecular flexibility index (Phi) is 3.65. The summed E-state index contributed by atoms with van der Waals surface area (Å²) < 4.78 is 17.9. The van der Waals surface area contributed by atoms with Crippen molar-refractivity contribution in [3.63, 3.8) is 0 Å². The number of hydrogen-bond donors (Lipinski definition) is 1. The SMILES string of the molecule is O=C(Nc1ccc(F)cc1Cl)c1coc(=O)c2ccccc12. The van der Waals surface area contributed by atoms with Crippen molar-refractivity contribution < 1.29 is 13.6 Å². The molecular weight excluding hydrogens is 309 g/mol. The first-order valence-corrected chi connectivity index (χ1v) is 6.71. The van der Waals surface area contributed by atoms with Crippen molar-refractivity contribution in [2.24, 2.45) is 0 Å². The fourth-order valence-corrected chi connectivity index (χ4v) is 2.31. The molecule has 0 bridgehead atoms. The minimum absolute atomic E-state index is 0.0787. The van der Waals surface area contributed by atoms with Gasteiger partial charge in [0, 0.05) is 5.39 Å². The van der Waals surface area contributed by atoms with Crippen LogP contribution in [0.3, 0.4) is 0 Å². The van der Waals surface area contributed by atoms with Crippen molar-refractivity contribution in [2.75, 3.05) is 5.32 Å². The fraction of sp³-hybridized carbons (Fsp3) is 0. The van der Waals surface area contributed by atoms with Gasteiger partial charge in [0.2, 0.25) is 0 Å². The minimum Gasteiger partial charge on any atom is -0.430 e. The lowest BCUT2D eigenvalue weighted by Gasteiger charge is -2.08. The number of fused-ring (bicyclic) bond motifs is 1. The molecule has 22 heavy (non-hydrogen) atoms. The molecule has 1 aromatic heterocycles. The summed E-state index contributed by atoms with van der Waals surface area (Å²) in [7, 11) is 0. The molecule has 4 nitrogen and oxygen atoms in total. The van der Waals surface area contributed by atoms with Gasteiger partial charge in [-0.05, 0) is 24.3 Å². The second-order valence-electron chi connectivity index (χ2n) is 4.56. The lowest BCUT2D eigenvalue weighted by atomic mass is 10.1. The summed E-state index contributed by atoms with van der Waals surface area (Å²) in [4.78, 5) is 24.0. The van der Waals surface area contributed by atoms with Gasteiger partial charge in [-0.25, -0.2) is 9.18 Å². The van der Waals surface area contributed by atoms with Gasteiger partial charge in [0.25, 0.3) is 5.91 Å². The largest absolute Gasteiger partial charge is 0.430 e. The van der Waals surface area contributed by atoms with Gasteiger partial charge >= 0.3 is 5.63 Å². The highest BCUT2D eigenvalue weighted by molar-refractivity contribution is 6.34. The molecule has 0 aliphatic rings. The van der Waals surface area contributed by atoms with Crippen LogP contribution in [0.25, 0.3) is 10.8 Å². The third-order valence-electron chi connectivity index (χ3n) is 3.14. The molecule has 0 saturated carbocycles. The van der Waals surface area contributed by atoms with E-state index < -0.39 is 17.3 Å². The van der Waals surface area contributed by atoms with E-state index in [9.17, 15) is 14.0 Å². The van der Waals surface area contributed by atoms with Gasteiger partial charge < -0.3 is 9.73 Å². The number of hydrogen-bond acceptors (Lipinski definition) is 3. The molecule has 0 aliphatic carbocycles. The van der Waals surface area contributed by atoms with Crippen LogP contribution < -0.4 is 10.9 Å². The summed E-state index contributed by atoms with van der Waals surface area (Å²) in [5.41, 5.74) is -0.0640. The third-order valence-corrected chi connectivity index (χ3v) is 3.46. The number of carbonyl (C=O) groups excluding carboxylic acids is 1. The van der Waals surface area contributed by atoms with Crippen LogP contribution in [0.5, 0.6) is 0 Å². The molecule has 1 heterocycles. The molecule has 0 radical (unpaired) electrons. The molecule has 0 atom stereocenters. The predicted molar refractivity (Wildman–Crippen MR) is 81.8 cm³/mol. The van der Waals surface area contributed by atoms with Gasteiger partial charge in [-0.15, -0.1) is 0 Å². The molecule has 0 aliphatic heterocycles. The maximum atomic E-state index is 13.0. The topological polar surface area (TPSA) is 59.3 Å². The van der Waals surface area contributed by atoms with Crippen LogP contribution in [-0.4, -0.2) is 5.91 Å². The maximum absolute atomic E-state index is 13.0. The summed E-state index contributed by atoms with van der Waals surface area (Å²) in [5, 5.41) is 3.42. The van der Waals surface area contributed by atoms with Gasteiger partial charge in [-0.3, -0.25) is 4.79 Å². The second kappa shape index (κ2) is 5.61. The smallest absolute Gasteiger partial charge is 0.343 e. The van der Waals surface area contributed by atoms with Gasteiger partial charge in [0.1, 0.15) is 12.1 Å². The Morgan fingerprint density at radius 1 is 1.14 bits per heavy atom. The molecule has 110 valence electrons. The molecule has 6 heteroatoms. The first-order valence-electron chi connectivity index (χ1n) is 6.33. The number of halogens is 2. The highest BCUT2D eigenvalue weighted by Crippen LogP contribution is 2.24. The van der Waals surface area contributed by atoms with Gasteiger partial charge in [-0.2, -0.15) is 0 Å². The number of rotatable bonds is 2. The van der Waals surface area contributed by atoms with E-state index >= 15 is 0 Å². The number of amides is 1. The summed E-state index contributed by atoms with van der Waals surface area (Å²) in [6.07, 6.45) is 1.09. The molecule has 1 N–H and O–H groups in total. The Balaban J connectivity index is 2.03. The van der Waals surface area contributed by atoms with E-state index in [-0.39, 0.29) is 16.3 Å². The minimum atomic E-state index is -0.521. The Labute approximate surface area is 129 Å². The Bertz CT molecular complexity index is 936. The third kappa shape index (κ3) is 2.58. The van der Waals surface area contributed by atoms with E-state index in [4.69, 9.17) is 16.0 Å². The molecule has 0 unspecified atom stereocenters. The molecule has 0 fully saturated rings. The first-order chi connectivity index (χ1) is 10.6. The van der Waals surface area contributed by atoms with Crippen molar-refractivity contribution in [1.29, 1.82) is 0 Å². The summed E-state index contributed by atoms with van der Waals surface area (Å²) in [6, 6.07) is 10.2. The Morgan fingerprint density at radius 2 is 1.86 bits per heavy atom. The lowest BCUT2D eigenvalue weighted by molar-refractivity contribution is 0.102. The molecule has 1 amide bonds. The summed E-state index contributed by atoms with van der Waals surface area (Å²) in [5.74, 6) is -1.01. The van der Waals surface area contributed by atoms with Gasteiger partial charge in [0.05, 0.1) is 21.7 Å². The van der Waals surface area contributed by atoms with Gasteiger partial charge in [-0.1, -0.05) is 29.8 Å². The van der Waals surface area contributed by atoms with E-state index in [1.807, 2.05) is 0 Å². The molecule has 3 rings (SSSR count).